The molecule has 0 spiro atoms. The Bertz CT molecular complexity index is 834. The fourth-order valence-electron chi connectivity index (χ4n) is 2.39. The molecule has 0 fully saturated rings. The summed E-state index contributed by atoms with van der Waals surface area (Å²) < 4.78 is 13.2. The van der Waals surface area contributed by atoms with Crippen molar-refractivity contribution in [3.63, 3.8) is 0 Å². The quantitative estimate of drug-likeness (QED) is 0.766. The lowest BCUT2D eigenvalue weighted by atomic mass is 10.0. The highest BCUT2D eigenvalue weighted by Crippen LogP contribution is 2.26. The maximum Gasteiger partial charge on any atom is 0.123 e. The molecule has 2 nitrogen and oxygen atoms in total. The molecule has 0 aromatic heterocycles. The molecule has 3 aromatic rings. The van der Waals surface area contributed by atoms with Crippen LogP contribution in [0.2, 0.25) is 0 Å². The second-order valence-corrected chi connectivity index (χ2v) is 4.80. The first kappa shape index (κ1) is 13.1. The first-order valence-corrected chi connectivity index (χ1v) is 6.68. The topological polar surface area (TPSA) is 35.8 Å². The zero-order valence-corrected chi connectivity index (χ0v) is 11.3. The summed E-state index contributed by atoms with van der Waals surface area (Å²) in [4.78, 5) is 0. The van der Waals surface area contributed by atoms with Crippen molar-refractivity contribution in [3.05, 3.63) is 77.6 Å². The molecule has 0 aliphatic carbocycles. The highest BCUT2D eigenvalue weighted by Gasteiger charge is 2.05. The van der Waals surface area contributed by atoms with Gasteiger partial charge in [-0.2, -0.15) is 5.26 Å². The monoisotopic (exact) mass is 276 g/mol. The molecule has 3 heteroatoms. The maximum absolute atomic E-state index is 13.2. The first-order chi connectivity index (χ1) is 10.3. The van der Waals surface area contributed by atoms with E-state index in [1.807, 2.05) is 36.4 Å². The van der Waals surface area contributed by atoms with Gasteiger partial charge < -0.3 is 5.32 Å². The molecule has 0 bridgehead atoms. The predicted octanol–water partition coefficient (Wildman–Crippen LogP) is 4.46. The minimum absolute atomic E-state index is 0.237. The third-order valence-corrected chi connectivity index (χ3v) is 3.42. The molecular weight excluding hydrogens is 263 g/mol. The maximum atomic E-state index is 13.2. The van der Waals surface area contributed by atoms with Gasteiger partial charge in [0.15, 0.2) is 0 Å². The Labute approximate surface area is 122 Å². The van der Waals surface area contributed by atoms with E-state index in [4.69, 9.17) is 5.26 Å². The SMILES string of the molecule is N#Cc1ccc(NCc2cccc(F)c2)c2ccccc12. The van der Waals surface area contributed by atoms with E-state index in [1.54, 1.807) is 12.1 Å². The van der Waals surface area contributed by atoms with Crippen LogP contribution < -0.4 is 5.32 Å². The minimum atomic E-state index is -0.237. The standard InChI is InChI=1S/C18H13FN2/c19-15-5-3-4-13(10-15)12-21-18-9-8-14(11-20)16-6-1-2-7-17(16)18/h1-10,21H,12H2. The molecule has 0 amide bonds. The number of fused-ring (bicyclic) bond motifs is 1. The van der Waals surface area contributed by atoms with Crippen molar-refractivity contribution in [1.82, 2.24) is 0 Å². The summed E-state index contributed by atoms with van der Waals surface area (Å²) >= 11 is 0. The number of anilines is 1. The van der Waals surface area contributed by atoms with E-state index in [1.165, 1.54) is 12.1 Å². The lowest BCUT2D eigenvalue weighted by Gasteiger charge is -2.11. The van der Waals surface area contributed by atoms with Crippen LogP contribution in [0.15, 0.2) is 60.7 Å². The predicted molar refractivity (Wildman–Crippen MR) is 82.4 cm³/mol. The van der Waals surface area contributed by atoms with E-state index in [0.29, 0.717) is 12.1 Å². The first-order valence-electron chi connectivity index (χ1n) is 6.68. The normalized spacial score (nSPS) is 10.3. The number of hydrogen-bond donors (Lipinski definition) is 1. The Balaban J connectivity index is 1.93. The van der Waals surface area contributed by atoms with E-state index in [9.17, 15) is 4.39 Å². The summed E-state index contributed by atoms with van der Waals surface area (Å²) in [7, 11) is 0. The van der Waals surface area contributed by atoms with Crippen LogP contribution in [0.3, 0.4) is 0 Å². The van der Waals surface area contributed by atoms with Crippen molar-refractivity contribution < 1.29 is 4.39 Å². The lowest BCUT2D eigenvalue weighted by molar-refractivity contribution is 0.626. The summed E-state index contributed by atoms with van der Waals surface area (Å²) in [6.07, 6.45) is 0. The number of nitrogens with one attached hydrogen (secondary N) is 1. The number of benzene rings is 3. The van der Waals surface area contributed by atoms with E-state index in [-0.39, 0.29) is 5.82 Å². The third kappa shape index (κ3) is 2.70. The Morgan fingerprint density at radius 2 is 1.76 bits per heavy atom. The molecule has 0 radical (unpaired) electrons. The summed E-state index contributed by atoms with van der Waals surface area (Å²) in [6.45, 7) is 0.535. The van der Waals surface area contributed by atoms with Gasteiger partial charge in [0.05, 0.1) is 11.6 Å². The fourth-order valence-corrected chi connectivity index (χ4v) is 2.39. The summed E-state index contributed by atoms with van der Waals surface area (Å²) in [5.74, 6) is -0.237. The van der Waals surface area contributed by atoms with Crippen LogP contribution in [0, 0.1) is 17.1 Å². The number of hydrogen-bond acceptors (Lipinski definition) is 2. The van der Waals surface area contributed by atoms with Gasteiger partial charge in [-0.3, -0.25) is 0 Å². The smallest absolute Gasteiger partial charge is 0.123 e. The zero-order chi connectivity index (χ0) is 14.7. The van der Waals surface area contributed by atoms with Gasteiger partial charge in [0.2, 0.25) is 0 Å². The number of halogens is 1. The second-order valence-electron chi connectivity index (χ2n) is 4.80. The van der Waals surface area contributed by atoms with Crippen molar-refractivity contribution in [2.45, 2.75) is 6.54 Å². The molecule has 3 aromatic carbocycles. The minimum Gasteiger partial charge on any atom is -0.380 e. The highest BCUT2D eigenvalue weighted by atomic mass is 19.1. The van der Waals surface area contributed by atoms with Gasteiger partial charge in [0, 0.05) is 23.0 Å². The molecule has 0 aliphatic rings. The van der Waals surface area contributed by atoms with E-state index >= 15 is 0 Å². The van der Waals surface area contributed by atoms with Crippen molar-refractivity contribution in [1.29, 1.82) is 5.26 Å². The molecule has 0 saturated carbocycles. The van der Waals surface area contributed by atoms with Gasteiger partial charge >= 0.3 is 0 Å². The molecule has 0 heterocycles. The van der Waals surface area contributed by atoms with Gasteiger partial charge in [0.25, 0.3) is 0 Å². The van der Waals surface area contributed by atoms with Crippen molar-refractivity contribution in [2.75, 3.05) is 5.32 Å². The van der Waals surface area contributed by atoms with Gasteiger partial charge in [-0.15, -0.1) is 0 Å². The van der Waals surface area contributed by atoms with Crippen LogP contribution in [0.5, 0.6) is 0 Å². The second kappa shape index (κ2) is 5.64. The molecule has 1 N–H and O–H groups in total. The van der Waals surface area contributed by atoms with Crippen LogP contribution in [0.25, 0.3) is 10.8 Å². The largest absolute Gasteiger partial charge is 0.380 e. The van der Waals surface area contributed by atoms with E-state index in [0.717, 1.165) is 22.0 Å². The third-order valence-electron chi connectivity index (χ3n) is 3.42. The molecular formula is C18H13FN2. The highest BCUT2D eigenvalue weighted by molar-refractivity contribution is 5.97. The van der Waals surface area contributed by atoms with E-state index in [2.05, 4.69) is 11.4 Å². The summed E-state index contributed by atoms with van der Waals surface area (Å²) in [6, 6.07) is 20.2. The Kier molecular flexibility index (Phi) is 3.53. The van der Waals surface area contributed by atoms with Crippen molar-refractivity contribution in [2.24, 2.45) is 0 Å². The number of nitrogens with zero attached hydrogens (tertiary/aromatic N) is 1. The van der Waals surface area contributed by atoms with Gasteiger partial charge in [-0.1, -0.05) is 36.4 Å². The average molecular weight is 276 g/mol. The van der Waals surface area contributed by atoms with Crippen molar-refractivity contribution >= 4 is 16.5 Å². The zero-order valence-electron chi connectivity index (χ0n) is 11.3. The molecule has 0 atom stereocenters. The van der Waals surface area contributed by atoms with Crippen molar-refractivity contribution in [3.8, 4) is 6.07 Å². The fraction of sp³-hybridized carbons (Fsp3) is 0.0556. The number of rotatable bonds is 3. The Hall–Kier alpha value is -2.86. The van der Waals surface area contributed by atoms with Gasteiger partial charge in [-0.25, -0.2) is 4.39 Å². The van der Waals surface area contributed by atoms with Crippen LogP contribution in [-0.4, -0.2) is 0 Å². The summed E-state index contributed by atoms with van der Waals surface area (Å²) in [5, 5.41) is 14.4. The number of nitriles is 1. The molecule has 0 unspecified atom stereocenters. The molecule has 21 heavy (non-hydrogen) atoms. The average Bonchev–Trinajstić information content (AvgIpc) is 2.52. The van der Waals surface area contributed by atoms with Crippen LogP contribution in [0.4, 0.5) is 10.1 Å². The summed E-state index contributed by atoms with van der Waals surface area (Å²) in [5.41, 5.74) is 2.47. The van der Waals surface area contributed by atoms with Gasteiger partial charge in [-0.05, 0) is 29.8 Å². The molecule has 3 rings (SSSR count). The van der Waals surface area contributed by atoms with Gasteiger partial charge in [0.1, 0.15) is 5.82 Å². The molecule has 0 aliphatic heterocycles. The lowest BCUT2D eigenvalue weighted by Crippen LogP contribution is -2.00. The van der Waals surface area contributed by atoms with Crippen LogP contribution >= 0.6 is 0 Å². The Morgan fingerprint density at radius 1 is 0.952 bits per heavy atom. The van der Waals surface area contributed by atoms with Crippen LogP contribution in [-0.2, 0) is 6.54 Å². The van der Waals surface area contributed by atoms with Crippen LogP contribution in [0.1, 0.15) is 11.1 Å². The molecule has 102 valence electrons. The Morgan fingerprint density at radius 3 is 2.52 bits per heavy atom. The molecule has 0 saturated heterocycles. The van der Waals surface area contributed by atoms with E-state index < -0.39 is 0 Å².